The van der Waals surface area contributed by atoms with Gasteiger partial charge in [-0.2, -0.15) is 0 Å². The summed E-state index contributed by atoms with van der Waals surface area (Å²) >= 11 is 0. The minimum atomic E-state index is -0.399. The van der Waals surface area contributed by atoms with Gasteiger partial charge in [0.25, 0.3) is 5.56 Å². The molecule has 1 aliphatic heterocycles. The van der Waals surface area contributed by atoms with Crippen LogP contribution in [-0.2, 0) is 6.54 Å². The number of pyridine rings is 3. The second-order valence-corrected chi connectivity index (χ2v) is 9.22. The summed E-state index contributed by atoms with van der Waals surface area (Å²) in [5.74, 6) is 1.73. The molecule has 0 radical (unpaired) electrons. The van der Waals surface area contributed by atoms with Crippen LogP contribution in [0.1, 0.15) is 28.4 Å². The number of aryl methyl sites for hydroxylation is 1. The summed E-state index contributed by atoms with van der Waals surface area (Å²) in [5, 5.41) is 11.1. The molecule has 0 bridgehead atoms. The van der Waals surface area contributed by atoms with Crippen LogP contribution < -0.4 is 15.2 Å². The fourth-order valence-electron chi connectivity index (χ4n) is 4.99. The van der Waals surface area contributed by atoms with Crippen molar-refractivity contribution < 1.29 is 9.84 Å². The molecule has 0 amide bonds. The predicted octanol–water partition coefficient (Wildman–Crippen LogP) is 3.62. The number of methoxy groups -OCH3 is 1. The first-order valence-corrected chi connectivity index (χ1v) is 12.4. The lowest BCUT2D eigenvalue weighted by Gasteiger charge is -2.40. The molecule has 1 saturated heterocycles. The van der Waals surface area contributed by atoms with Crippen molar-refractivity contribution in [3.8, 4) is 11.5 Å². The number of anilines is 1. The van der Waals surface area contributed by atoms with Crippen molar-refractivity contribution in [2.45, 2.75) is 19.5 Å². The van der Waals surface area contributed by atoms with E-state index < -0.39 is 6.04 Å². The largest absolute Gasteiger partial charge is 0.507 e. The fraction of sp³-hybridized carbons (Fsp3) is 0.276. The second kappa shape index (κ2) is 10.8. The molecule has 37 heavy (non-hydrogen) atoms. The Hall–Kier alpha value is -4.17. The highest BCUT2D eigenvalue weighted by Crippen LogP contribution is 2.33. The number of rotatable bonds is 7. The average Bonchev–Trinajstić information content (AvgIpc) is 2.95. The van der Waals surface area contributed by atoms with Crippen molar-refractivity contribution in [3.63, 3.8) is 0 Å². The van der Waals surface area contributed by atoms with Crippen LogP contribution in [0.4, 0.5) is 5.82 Å². The van der Waals surface area contributed by atoms with Gasteiger partial charge in [0.2, 0.25) is 0 Å². The SMILES string of the molecule is COc1ccc(Cn2c(C)cc(O)c(C(c3ccncc3)N3CCN(c4ccccn4)CC3)c2=O)cc1. The molecule has 1 aliphatic rings. The summed E-state index contributed by atoms with van der Waals surface area (Å²) in [6, 6.07) is 18.7. The summed E-state index contributed by atoms with van der Waals surface area (Å²) in [7, 11) is 1.63. The molecular weight excluding hydrogens is 466 g/mol. The van der Waals surface area contributed by atoms with E-state index >= 15 is 0 Å². The number of piperazine rings is 1. The van der Waals surface area contributed by atoms with E-state index in [1.54, 1.807) is 36.3 Å². The normalized spacial score (nSPS) is 14.9. The highest BCUT2D eigenvalue weighted by Gasteiger charge is 2.31. The molecule has 4 aromatic rings. The molecule has 5 rings (SSSR count). The zero-order valence-corrected chi connectivity index (χ0v) is 21.1. The topological polar surface area (TPSA) is 83.7 Å². The van der Waals surface area contributed by atoms with Crippen molar-refractivity contribution in [2.24, 2.45) is 0 Å². The Balaban J connectivity index is 1.50. The third kappa shape index (κ3) is 5.20. The van der Waals surface area contributed by atoms with Crippen molar-refractivity contribution in [1.29, 1.82) is 0 Å². The minimum Gasteiger partial charge on any atom is -0.507 e. The van der Waals surface area contributed by atoms with Crippen molar-refractivity contribution >= 4 is 5.82 Å². The Labute approximate surface area is 216 Å². The van der Waals surface area contributed by atoms with Crippen LogP contribution in [0.25, 0.3) is 0 Å². The lowest BCUT2D eigenvalue weighted by atomic mass is 9.96. The zero-order valence-electron chi connectivity index (χ0n) is 21.1. The van der Waals surface area contributed by atoms with Gasteiger partial charge in [-0.15, -0.1) is 0 Å². The Morgan fingerprint density at radius 1 is 0.973 bits per heavy atom. The molecule has 3 aromatic heterocycles. The van der Waals surface area contributed by atoms with E-state index in [9.17, 15) is 9.90 Å². The van der Waals surface area contributed by atoms with Gasteiger partial charge in [0.15, 0.2) is 0 Å². The molecule has 8 heteroatoms. The van der Waals surface area contributed by atoms with Crippen LogP contribution in [0.2, 0.25) is 0 Å². The first-order valence-electron chi connectivity index (χ1n) is 12.4. The maximum atomic E-state index is 14.0. The lowest BCUT2D eigenvalue weighted by Crippen LogP contribution is -2.49. The summed E-state index contributed by atoms with van der Waals surface area (Å²) in [6.07, 6.45) is 5.26. The van der Waals surface area contributed by atoms with E-state index in [0.717, 1.165) is 48.9 Å². The van der Waals surface area contributed by atoms with Crippen molar-refractivity contribution in [3.05, 3.63) is 112 Å². The molecule has 8 nitrogen and oxygen atoms in total. The average molecular weight is 498 g/mol. The molecule has 4 heterocycles. The van der Waals surface area contributed by atoms with Crippen molar-refractivity contribution in [1.82, 2.24) is 19.4 Å². The Morgan fingerprint density at radius 2 is 1.70 bits per heavy atom. The molecule has 1 fully saturated rings. The van der Waals surface area contributed by atoms with E-state index in [4.69, 9.17) is 4.74 Å². The standard InChI is InChI=1S/C29H31N5O3/c1-21-19-25(35)27(29(36)34(21)20-22-6-8-24(37-2)9-7-22)28(23-10-13-30-14-11-23)33-17-15-32(16-18-33)26-5-3-4-12-31-26/h3-14,19,28,35H,15-18,20H2,1-2H3. The summed E-state index contributed by atoms with van der Waals surface area (Å²) in [6.45, 7) is 5.22. The number of aromatic hydroxyl groups is 1. The number of benzene rings is 1. The van der Waals surface area contributed by atoms with Gasteiger partial charge in [-0.25, -0.2) is 4.98 Å². The number of nitrogens with zero attached hydrogens (tertiary/aromatic N) is 5. The maximum Gasteiger partial charge on any atom is 0.259 e. The molecule has 1 unspecified atom stereocenters. The van der Waals surface area contributed by atoms with Crippen LogP contribution >= 0.6 is 0 Å². The van der Waals surface area contributed by atoms with Gasteiger partial charge in [-0.05, 0) is 60.5 Å². The van der Waals surface area contributed by atoms with Crippen LogP contribution in [-0.4, -0.2) is 57.8 Å². The van der Waals surface area contributed by atoms with Crippen LogP contribution in [0.3, 0.4) is 0 Å². The molecule has 0 spiro atoms. The van der Waals surface area contributed by atoms with Gasteiger partial charge in [0.1, 0.15) is 17.3 Å². The van der Waals surface area contributed by atoms with Crippen LogP contribution in [0.5, 0.6) is 11.5 Å². The Morgan fingerprint density at radius 3 is 2.35 bits per heavy atom. The van der Waals surface area contributed by atoms with E-state index in [2.05, 4.69) is 19.8 Å². The highest BCUT2D eigenvalue weighted by atomic mass is 16.5. The lowest BCUT2D eigenvalue weighted by molar-refractivity contribution is 0.207. The molecular formula is C29H31N5O3. The molecule has 0 aliphatic carbocycles. The van der Waals surface area contributed by atoms with Gasteiger partial charge in [-0.1, -0.05) is 18.2 Å². The fourth-order valence-corrected chi connectivity index (χ4v) is 4.99. The van der Waals surface area contributed by atoms with E-state index in [0.29, 0.717) is 17.8 Å². The van der Waals surface area contributed by atoms with Gasteiger partial charge in [0, 0.05) is 50.5 Å². The third-order valence-corrected chi connectivity index (χ3v) is 6.97. The van der Waals surface area contributed by atoms with E-state index in [1.807, 2.05) is 61.5 Å². The first kappa shape index (κ1) is 24.5. The minimum absolute atomic E-state index is 0.0162. The summed E-state index contributed by atoms with van der Waals surface area (Å²) in [5.41, 5.74) is 2.80. The predicted molar refractivity (Wildman–Crippen MR) is 143 cm³/mol. The maximum absolute atomic E-state index is 14.0. The molecule has 1 aromatic carbocycles. The summed E-state index contributed by atoms with van der Waals surface area (Å²) in [4.78, 5) is 27.2. The monoisotopic (exact) mass is 497 g/mol. The van der Waals surface area contributed by atoms with Gasteiger partial charge in [0.05, 0.1) is 25.3 Å². The van der Waals surface area contributed by atoms with Crippen LogP contribution in [0.15, 0.2) is 84.0 Å². The number of hydrogen-bond donors (Lipinski definition) is 1. The second-order valence-electron chi connectivity index (χ2n) is 9.22. The Bertz CT molecular complexity index is 1380. The van der Waals surface area contributed by atoms with Crippen molar-refractivity contribution in [2.75, 3.05) is 38.2 Å². The van der Waals surface area contributed by atoms with Crippen LogP contribution in [0, 0.1) is 6.92 Å². The van der Waals surface area contributed by atoms with Gasteiger partial charge >= 0.3 is 0 Å². The highest BCUT2D eigenvalue weighted by molar-refractivity contribution is 5.42. The van der Waals surface area contributed by atoms with E-state index in [-0.39, 0.29) is 11.3 Å². The van der Waals surface area contributed by atoms with E-state index in [1.165, 1.54) is 0 Å². The van der Waals surface area contributed by atoms with Gasteiger partial charge in [-0.3, -0.25) is 14.7 Å². The molecule has 0 saturated carbocycles. The molecule has 190 valence electrons. The third-order valence-electron chi connectivity index (χ3n) is 6.97. The van der Waals surface area contributed by atoms with Gasteiger partial charge < -0.3 is 19.3 Å². The number of hydrogen-bond acceptors (Lipinski definition) is 7. The first-order chi connectivity index (χ1) is 18.0. The Kier molecular flexibility index (Phi) is 7.18. The molecule has 1 atom stereocenters. The quantitative estimate of drug-likeness (QED) is 0.418. The summed E-state index contributed by atoms with van der Waals surface area (Å²) < 4.78 is 7.00. The smallest absolute Gasteiger partial charge is 0.259 e. The molecule has 1 N–H and O–H groups in total. The number of ether oxygens (including phenoxy) is 1. The zero-order chi connectivity index (χ0) is 25.8. The number of aromatic nitrogens is 3.